The maximum Gasteiger partial charge on any atom is 0.341 e. The Labute approximate surface area is 154 Å². The van der Waals surface area contributed by atoms with Gasteiger partial charge in [0.25, 0.3) is 5.91 Å². The van der Waals surface area contributed by atoms with E-state index in [2.05, 4.69) is 9.97 Å². The molecule has 0 fully saturated rings. The first-order valence-corrected chi connectivity index (χ1v) is 8.77. The highest BCUT2D eigenvalue weighted by molar-refractivity contribution is 7.09. The van der Waals surface area contributed by atoms with Crippen molar-refractivity contribution in [1.82, 2.24) is 9.97 Å². The average Bonchev–Trinajstić information content (AvgIpc) is 3.09. The van der Waals surface area contributed by atoms with Crippen molar-refractivity contribution in [3.63, 3.8) is 0 Å². The van der Waals surface area contributed by atoms with Gasteiger partial charge in [0.05, 0.1) is 11.3 Å². The Morgan fingerprint density at radius 3 is 2.54 bits per heavy atom. The molecule has 3 rings (SSSR count). The minimum atomic E-state index is -0.608. The molecule has 26 heavy (non-hydrogen) atoms. The largest absolute Gasteiger partial charge is 0.455 e. The Balaban J connectivity index is 1.84. The van der Waals surface area contributed by atoms with E-state index < -0.39 is 11.9 Å². The normalized spacial score (nSPS) is 10.5. The molecule has 6 nitrogen and oxygen atoms in total. The molecule has 0 aliphatic carbocycles. The second-order valence-corrected chi connectivity index (χ2v) is 6.69. The van der Waals surface area contributed by atoms with E-state index in [4.69, 9.17) is 10.5 Å². The molecule has 2 aromatic heterocycles. The zero-order valence-corrected chi connectivity index (χ0v) is 15.2. The molecule has 0 radical (unpaired) electrons. The van der Waals surface area contributed by atoms with Crippen molar-refractivity contribution in [2.75, 3.05) is 0 Å². The molecule has 0 spiro atoms. The second kappa shape index (κ2) is 7.45. The number of rotatable bonds is 5. The van der Waals surface area contributed by atoms with Crippen LogP contribution in [0.3, 0.4) is 0 Å². The molecule has 0 saturated heterocycles. The Morgan fingerprint density at radius 1 is 1.15 bits per heavy atom. The fourth-order valence-corrected chi connectivity index (χ4v) is 3.18. The molecule has 0 aliphatic heterocycles. The van der Waals surface area contributed by atoms with Crippen LogP contribution < -0.4 is 5.73 Å². The van der Waals surface area contributed by atoms with Crippen LogP contribution in [0.4, 0.5) is 0 Å². The van der Waals surface area contributed by atoms with Crippen molar-refractivity contribution >= 4 is 23.2 Å². The molecular weight excluding hydrogens is 350 g/mol. The van der Waals surface area contributed by atoms with Crippen LogP contribution in [0.25, 0.3) is 11.1 Å². The standard InChI is InChI=1S/C19H17N3O3S/c1-11-3-5-13(6-4-11)14-7-8-21-12(2)17(14)19(24)25-9-16-22-15(10-26-16)18(20)23/h3-8,10H,9H2,1-2H3,(H2,20,23). The first-order chi connectivity index (χ1) is 12.5. The summed E-state index contributed by atoms with van der Waals surface area (Å²) in [4.78, 5) is 32.0. The number of thiazole rings is 1. The maximum atomic E-state index is 12.7. The lowest BCUT2D eigenvalue weighted by molar-refractivity contribution is 0.0472. The van der Waals surface area contributed by atoms with E-state index in [9.17, 15) is 9.59 Å². The van der Waals surface area contributed by atoms with Crippen LogP contribution in [0.2, 0.25) is 0 Å². The average molecular weight is 367 g/mol. The number of primary amides is 1. The molecule has 0 bridgehead atoms. The summed E-state index contributed by atoms with van der Waals surface area (Å²) in [5.74, 6) is -1.09. The summed E-state index contributed by atoms with van der Waals surface area (Å²) in [6.45, 7) is 3.74. The smallest absolute Gasteiger partial charge is 0.341 e. The van der Waals surface area contributed by atoms with Crippen LogP contribution in [0.5, 0.6) is 0 Å². The number of carbonyl (C=O) groups excluding carboxylic acids is 2. The summed E-state index contributed by atoms with van der Waals surface area (Å²) in [6.07, 6.45) is 1.67. The number of nitrogens with zero attached hydrogens (tertiary/aromatic N) is 2. The Morgan fingerprint density at radius 2 is 1.88 bits per heavy atom. The first kappa shape index (κ1) is 17.8. The minimum absolute atomic E-state index is 0.0293. The van der Waals surface area contributed by atoms with Gasteiger partial charge in [0.15, 0.2) is 0 Å². The van der Waals surface area contributed by atoms with Crippen LogP contribution in [0, 0.1) is 13.8 Å². The fraction of sp³-hybridized carbons (Fsp3) is 0.158. The molecule has 0 unspecified atom stereocenters. The third-order valence-corrected chi connectivity index (χ3v) is 4.66. The number of esters is 1. The summed E-state index contributed by atoms with van der Waals surface area (Å²) in [5.41, 5.74) is 9.17. The van der Waals surface area contributed by atoms with Crippen LogP contribution >= 0.6 is 11.3 Å². The predicted octanol–water partition coefficient (Wildman–Crippen LogP) is 3.28. The van der Waals surface area contributed by atoms with Crippen LogP contribution in [0.15, 0.2) is 41.9 Å². The molecule has 2 heterocycles. The van der Waals surface area contributed by atoms with E-state index in [1.165, 1.54) is 11.3 Å². The second-order valence-electron chi connectivity index (χ2n) is 5.75. The SMILES string of the molecule is Cc1ccc(-c2ccnc(C)c2C(=O)OCc2nc(C(N)=O)cs2)cc1. The molecule has 7 heteroatoms. The van der Waals surface area contributed by atoms with Gasteiger partial charge in [-0.1, -0.05) is 29.8 Å². The van der Waals surface area contributed by atoms with E-state index in [1.807, 2.05) is 31.2 Å². The van der Waals surface area contributed by atoms with Crippen molar-refractivity contribution < 1.29 is 14.3 Å². The molecule has 0 aliphatic rings. The van der Waals surface area contributed by atoms with Gasteiger partial charge >= 0.3 is 5.97 Å². The van der Waals surface area contributed by atoms with Gasteiger partial charge in [-0.25, -0.2) is 9.78 Å². The highest BCUT2D eigenvalue weighted by atomic mass is 32.1. The monoisotopic (exact) mass is 367 g/mol. The number of aryl methyl sites for hydroxylation is 2. The fourth-order valence-electron chi connectivity index (χ4n) is 2.49. The lowest BCUT2D eigenvalue weighted by Crippen LogP contribution is -2.12. The molecule has 132 valence electrons. The lowest BCUT2D eigenvalue weighted by atomic mass is 9.98. The van der Waals surface area contributed by atoms with E-state index in [-0.39, 0.29) is 12.3 Å². The summed E-state index contributed by atoms with van der Waals surface area (Å²) in [7, 11) is 0. The number of carbonyl (C=O) groups is 2. The maximum absolute atomic E-state index is 12.7. The summed E-state index contributed by atoms with van der Waals surface area (Å²) in [5, 5.41) is 2.05. The third-order valence-electron chi connectivity index (χ3n) is 3.84. The van der Waals surface area contributed by atoms with Crippen molar-refractivity contribution in [3.8, 4) is 11.1 Å². The molecule has 1 amide bonds. The Hall–Kier alpha value is -3.06. The van der Waals surface area contributed by atoms with Crippen molar-refractivity contribution in [2.24, 2.45) is 5.73 Å². The number of ether oxygens (including phenoxy) is 1. The predicted molar refractivity (Wildman–Crippen MR) is 98.9 cm³/mol. The van der Waals surface area contributed by atoms with Crippen molar-refractivity contribution in [2.45, 2.75) is 20.5 Å². The van der Waals surface area contributed by atoms with Gasteiger partial charge in [0, 0.05) is 11.6 Å². The molecule has 3 aromatic rings. The van der Waals surface area contributed by atoms with E-state index in [1.54, 1.807) is 24.6 Å². The number of nitrogens with two attached hydrogens (primary N) is 1. The molecule has 0 saturated carbocycles. The molecule has 2 N–H and O–H groups in total. The highest BCUT2D eigenvalue weighted by Gasteiger charge is 2.19. The van der Waals surface area contributed by atoms with Gasteiger partial charge in [-0.15, -0.1) is 11.3 Å². The number of pyridine rings is 1. The quantitative estimate of drug-likeness (QED) is 0.698. The van der Waals surface area contributed by atoms with Crippen molar-refractivity contribution in [3.05, 3.63) is 69.4 Å². The van der Waals surface area contributed by atoms with Crippen LogP contribution in [-0.2, 0) is 11.3 Å². The summed E-state index contributed by atoms with van der Waals surface area (Å²) in [6, 6.07) is 9.69. The Bertz CT molecular complexity index is 964. The summed E-state index contributed by atoms with van der Waals surface area (Å²) >= 11 is 1.22. The van der Waals surface area contributed by atoms with Gasteiger partial charge < -0.3 is 10.5 Å². The van der Waals surface area contributed by atoms with Crippen molar-refractivity contribution in [1.29, 1.82) is 0 Å². The van der Waals surface area contributed by atoms with E-state index in [0.29, 0.717) is 16.3 Å². The number of hydrogen-bond donors (Lipinski definition) is 1. The van der Waals surface area contributed by atoms with Crippen LogP contribution in [-0.4, -0.2) is 21.8 Å². The molecule has 0 atom stereocenters. The summed E-state index contributed by atoms with van der Waals surface area (Å²) < 4.78 is 5.39. The van der Waals surface area contributed by atoms with Gasteiger partial charge in [-0.3, -0.25) is 9.78 Å². The van der Waals surface area contributed by atoms with Gasteiger partial charge in [0.1, 0.15) is 17.3 Å². The van der Waals surface area contributed by atoms with Gasteiger partial charge in [-0.05, 0) is 31.0 Å². The van der Waals surface area contributed by atoms with Gasteiger partial charge in [0.2, 0.25) is 0 Å². The van der Waals surface area contributed by atoms with E-state index >= 15 is 0 Å². The topological polar surface area (TPSA) is 95.2 Å². The zero-order chi connectivity index (χ0) is 18.7. The number of benzene rings is 1. The van der Waals surface area contributed by atoms with E-state index in [0.717, 1.165) is 16.7 Å². The lowest BCUT2D eigenvalue weighted by Gasteiger charge is -2.11. The highest BCUT2D eigenvalue weighted by Crippen LogP contribution is 2.26. The number of aromatic nitrogens is 2. The minimum Gasteiger partial charge on any atom is -0.455 e. The molecule has 1 aromatic carbocycles. The Kier molecular flexibility index (Phi) is 5.09. The zero-order valence-electron chi connectivity index (χ0n) is 14.4. The van der Waals surface area contributed by atoms with Crippen LogP contribution in [0.1, 0.15) is 37.1 Å². The van der Waals surface area contributed by atoms with Gasteiger partial charge in [-0.2, -0.15) is 0 Å². The molecular formula is C19H17N3O3S. The first-order valence-electron chi connectivity index (χ1n) is 7.89. The third kappa shape index (κ3) is 3.78. The number of hydrogen-bond acceptors (Lipinski definition) is 6. The number of amides is 1.